The van der Waals surface area contributed by atoms with Crippen molar-refractivity contribution in [3.8, 4) is 0 Å². The molecule has 0 saturated heterocycles. The molecule has 0 aliphatic heterocycles. The number of nitrogens with two attached hydrogens (primary N) is 1. The minimum absolute atomic E-state index is 0.107. The van der Waals surface area contributed by atoms with E-state index in [1.165, 1.54) is 6.07 Å². The summed E-state index contributed by atoms with van der Waals surface area (Å²) in [5.74, 6) is 0. The molecule has 0 atom stereocenters. The lowest BCUT2D eigenvalue weighted by molar-refractivity contribution is -0.384. The highest BCUT2D eigenvalue weighted by atomic mass is 79.9. The summed E-state index contributed by atoms with van der Waals surface area (Å²) in [7, 11) is 0. The second-order valence-corrected chi connectivity index (χ2v) is 3.65. The van der Waals surface area contributed by atoms with Crippen molar-refractivity contribution in [2.75, 3.05) is 0 Å². The Morgan fingerprint density at radius 2 is 2.23 bits per heavy atom. The molecule has 0 unspecified atom stereocenters. The van der Waals surface area contributed by atoms with E-state index in [9.17, 15) is 10.1 Å². The van der Waals surface area contributed by atoms with Crippen LogP contribution in [0, 0.1) is 10.1 Å². The minimum atomic E-state index is -0.535. The van der Waals surface area contributed by atoms with E-state index in [0.717, 1.165) is 0 Å². The molecule has 0 spiro atoms. The summed E-state index contributed by atoms with van der Waals surface area (Å²) in [4.78, 5) is 9.97. The van der Waals surface area contributed by atoms with Gasteiger partial charge in [-0.3, -0.25) is 10.1 Å². The van der Waals surface area contributed by atoms with Crippen LogP contribution in [0.2, 0.25) is 5.02 Å². The van der Waals surface area contributed by atoms with Crippen LogP contribution in [0.5, 0.6) is 0 Å². The monoisotopic (exact) mass is 264 g/mol. The summed E-state index contributed by atoms with van der Waals surface area (Å²) in [6.45, 7) is 0.180. The van der Waals surface area contributed by atoms with Gasteiger partial charge in [0.15, 0.2) is 0 Å². The lowest BCUT2D eigenvalue weighted by Gasteiger charge is -2.02. The van der Waals surface area contributed by atoms with Crippen molar-refractivity contribution in [1.82, 2.24) is 0 Å². The minimum Gasteiger partial charge on any atom is -0.326 e. The van der Waals surface area contributed by atoms with E-state index in [1.54, 1.807) is 6.07 Å². The van der Waals surface area contributed by atoms with Crippen molar-refractivity contribution in [3.63, 3.8) is 0 Å². The third-order valence-electron chi connectivity index (χ3n) is 1.51. The molecule has 0 amide bonds. The Hall–Kier alpha value is -0.650. The molecular formula is C7H6BrClN2O2. The van der Waals surface area contributed by atoms with Gasteiger partial charge in [-0.2, -0.15) is 0 Å². The molecule has 0 aromatic heterocycles. The Kier molecular flexibility index (Phi) is 3.24. The molecule has 2 N–H and O–H groups in total. The third kappa shape index (κ3) is 2.18. The van der Waals surface area contributed by atoms with Crippen LogP contribution in [-0.2, 0) is 6.54 Å². The number of nitro benzene ring substituents is 1. The van der Waals surface area contributed by atoms with Crippen molar-refractivity contribution < 1.29 is 4.92 Å². The number of benzene rings is 1. The maximum atomic E-state index is 10.5. The van der Waals surface area contributed by atoms with Gasteiger partial charge in [-0.1, -0.05) is 27.5 Å². The molecule has 1 aromatic carbocycles. The first-order valence-corrected chi connectivity index (χ1v) is 4.55. The highest BCUT2D eigenvalue weighted by Gasteiger charge is 2.16. The summed E-state index contributed by atoms with van der Waals surface area (Å²) < 4.78 is 0.601. The van der Waals surface area contributed by atoms with Crippen molar-refractivity contribution >= 4 is 33.2 Å². The fraction of sp³-hybridized carbons (Fsp3) is 0.143. The van der Waals surface area contributed by atoms with Crippen molar-refractivity contribution in [2.45, 2.75) is 6.54 Å². The Bertz CT molecular complexity index is 357. The Balaban J connectivity index is 3.35. The highest BCUT2D eigenvalue weighted by molar-refractivity contribution is 9.10. The van der Waals surface area contributed by atoms with Crippen molar-refractivity contribution in [1.29, 1.82) is 0 Å². The fourth-order valence-electron chi connectivity index (χ4n) is 0.911. The molecule has 0 saturated carbocycles. The third-order valence-corrected chi connectivity index (χ3v) is 2.40. The van der Waals surface area contributed by atoms with E-state index in [2.05, 4.69) is 15.9 Å². The Labute approximate surface area is 88.0 Å². The maximum Gasteiger partial charge on any atom is 0.289 e. The molecule has 6 heteroatoms. The van der Waals surface area contributed by atoms with E-state index in [1.807, 2.05) is 0 Å². The standard InChI is InChI=1S/C7H6BrClN2O2/c8-5-1-4(3-10)7(9)6(2-5)11(12)13/h1-2H,3,10H2. The van der Waals surface area contributed by atoms with E-state index in [0.29, 0.717) is 10.0 Å². The van der Waals surface area contributed by atoms with Crippen LogP contribution in [-0.4, -0.2) is 4.92 Å². The Morgan fingerprint density at radius 1 is 1.62 bits per heavy atom. The zero-order valence-corrected chi connectivity index (χ0v) is 8.80. The van der Waals surface area contributed by atoms with Gasteiger partial charge in [0, 0.05) is 17.1 Å². The van der Waals surface area contributed by atoms with Gasteiger partial charge in [-0.15, -0.1) is 0 Å². The van der Waals surface area contributed by atoms with Crippen LogP contribution < -0.4 is 5.73 Å². The molecule has 4 nitrogen and oxygen atoms in total. The van der Waals surface area contributed by atoms with E-state index >= 15 is 0 Å². The van der Waals surface area contributed by atoms with Crippen molar-refractivity contribution in [3.05, 3.63) is 37.3 Å². The van der Waals surface area contributed by atoms with Gasteiger partial charge in [-0.25, -0.2) is 0 Å². The average Bonchev–Trinajstić information content (AvgIpc) is 2.08. The molecule has 1 aromatic rings. The smallest absolute Gasteiger partial charge is 0.289 e. The van der Waals surface area contributed by atoms with Crippen LogP contribution in [0.1, 0.15) is 5.56 Å². The van der Waals surface area contributed by atoms with Gasteiger partial charge < -0.3 is 5.73 Å². The molecule has 0 bridgehead atoms. The second-order valence-electron chi connectivity index (χ2n) is 2.36. The first-order chi connectivity index (χ1) is 6.06. The number of halogens is 2. The summed E-state index contributed by atoms with van der Waals surface area (Å²) in [5.41, 5.74) is 5.79. The molecule has 0 aliphatic carbocycles. The number of hydrogen-bond donors (Lipinski definition) is 1. The number of nitrogens with zero attached hydrogens (tertiary/aromatic N) is 1. The normalized spacial score (nSPS) is 10.1. The van der Waals surface area contributed by atoms with E-state index < -0.39 is 4.92 Å². The number of nitro groups is 1. The number of hydrogen-bond acceptors (Lipinski definition) is 3. The van der Waals surface area contributed by atoms with Crippen LogP contribution in [0.3, 0.4) is 0 Å². The molecule has 0 fully saturated rings. The quantitative estimate of drug-likeness (QED) is 0.659. The zero-order valence-electron chi connectivity index (χ0n) is 6.46. The van der Waals surface area contributed by atoms with E-state index in [4.69, 9.17) is 17.3 Å². The number of rotatable bonds is 2. The van der Waals surface area contributed by atoms with Crippen LogP contribution in [0.15, 0.2) is 16.6 Å². The van der Waals surface area contributed by atoms with Crippen LogP contribution in [0.25, 0.3) is 0 Å². The molecule has 0 radical (unpaired) electrons. The SMILES string of the molecule is NCc1cc(Br)cc([N+](=O)[O-])c1Cl. The molecular weight excluding hydrogens is 259 g/mol. The summed E-state index contributed by atoms with van der Waals surface area (Å²) in [5, 5.41) is 10.6. The largest absolute Gasteiger partial charge is 0.326 e. The van der Waals surface area contributed by atoms with Gasteiger partial charge in [0.25, 0.3) is 5.69 Å². The highest BCUT2D eigenvalue weighted by Crippen LogP contribution is 2.31. The predicted octanol–water partition coefficient (Wildman–Crippen LogP) is 2.47. The first kappa shape index (κ1) is 10.4. The molecule has 0 aliphatic rings. The summed E-state index contributed by atoms with van der Waals surface area (Å²) in [6, 6.07) is 3.01. The summed E-state index contributed by atoms with van der Waals surface area (Å²) in [6.07, 6.45) is 0. The van der Waals surface area contributed by atoms with Crippen LogP contribution in [0.4, 0.5) is 5.69 Å². The molecule has 13 heavy (non-hydrogen) atoms. The average molecular weight is 265 g/mol. The summed E-state index contributed by atoms with van der Waals surface area (Å²) >= 11 is 8.87. The lowest BCUT2D eigenvalue weighted by atomic mass is 10.2. The van der Waals surface area contributed by atoms with Gasteiger partial charge in [0.05, 0.1) is 4.92 Å². The van der Waals surface area contributed by atoms with Gasteiger partial charge in [-0.05, 0) is 11.6 Å². The fourth-order valence-corrected chi connectivity index (χ4v) is 1.66. The molecule has 0 heterocycles. The van der Waals surface area contributed by atoms with Crippen molar-refractivity contribution in [2.24, 2.45) is 5.73 Å². The molecule has 70 valence electrons. The van der Waals surface area contributed by atoms with Gasteiger partial charge in [0.1, 0.15) is 5.02 Å². The second kappa shape index (κ2) is 4.04. The van der Waals surface area contributed by atoms with E-state index in [-0.39, 0.29) is 17.3 Å². The maximum absolute atomic E-state index is 10.5. The van der Waals surface area contributed by atoms with Gasteiger partial charge >= 0.3 is 0 Å². The predicted molar refractivity (Wildman–Crippen MR) is 53.7 cm³/mol. The van der Waals surface area contributed by atoms with Crippen LogP contribution >= 0.6 is 27.5 Å². The lowest BCUT2D eigenvalue weighted by Crippen LogP contribution is -2.00. The zero-order chi connectivity index (χ0) is 10.0. The Morgan fingerprint density at radius 3 is 2.69 bits per heavy atom. The molecule has 1 rings (SSSR count). The van der Waals surface area contributed by atoms with Gasteiger partial charge in [0.2, 0.25) is 0 Å². The first-order valence-electron chi connectivity index (χ1n) is 3.38. The topological polar surface area (TPSA) is 69.2 Å².